The smallest absolute Gasteiger partial charge is 0.218 e. The van der Waals surface area contributed by atoms with Gasteiger partial charge in [0, 0.05) is 16.5 Å². The number of rotatable bonds is 2. The number of aryl methyl sites for hydroxylation is 1. The Labute approximate surface area is 135 Å². The van der Waals surface area contributed by atoms with Gasteiger partial charge in [-0.05, 0) is 36.1 Å². The number of fused-ring (bicyclic) bond motifs is 1. The number of pyridine rings is 1. The van der Waals surface area contributed by atoms with Crippen LogP contribution in [-0.4, -0.2) is 11.6 Å². The number of hydrogen-bond acceptors (Lipinski definition) is 2. The number of nitrogens with zero attached hydrogens (tertiary/aromatic N) is 1. The molecule has 1 aromatic carbocycles. The van der Waals surface area contributed by atoms with Crippen molar-refractivity contribution in [3.63, 3.8) is 0 Å². The maximum Gasteiger partial charge on any atom is 0.218 e. The lowest BCUT2D eigenvalue weighted by molar-refractivity contribution is 0.149. The van der Waals surface area contributed by atoms with Crippen molar-refractivity contribution in [3.8, 4) is 17.0 Å². The lowest BCUT2D eigenvalue weighted by Crippen LogP contribution is -2.29. The van der Waals surface area contributed by atoms with E-state index in [0.29, 0.717) is 23.2 Å². The molecule has 1 aliphatic rings. The highest BCUT2D eigenvalue weighted by atomic mass is 35.5. The summed E-state index contributed by atoms with van der Waals surface area (Å²) in [6.07, 6.45) is 1.60. The first-order valence-electron chi connectivity index (χ1n) is 7.50. The third-order valence-electron chi connectivity index (χ3n) is 4.04. The highest BCUT2D eigenvalue weighted by molar-refractivity contribution is 6.29. The molecule has 2 heterocycles. The molecule has 22 heavy (non-hydrogen) atoms. The molecule has 2 nitrogen and oxygen atoms in total. The van der Waals surface area contributed by atoms with Gasteiger partial charge in [-0.1, -0.05) is 44.5 Å². The third-order valence-corrected chi connectivity index (χ3v) is 4.24. The zero-order chi connectivity index (χ0) is 15.9. The lowest BCUT2D eigenvalue weighted by atomic mass is 9.82. The Kier molecular flexibility index (Phi) is 3.85. The number of benzene rings is 1. The fraction of sp³-hybridized carbons (Fsp3) is 0.389. The second-order valence-electron chi connectivity index (χ2n) is 6.57. The number of ether oxygens (including phenoxy) is 1. The number of aromatic nitrogens is 1. The monoisotopic (exact) mass is 319 g/mol. The molecule has 1 aliphatic heterocycles. The summed E-state index contributed by atoms with van der Waals surface area (Å²) in [5.41, 5.74) is 3.24. The van der Waals surface area contributed by atoms with Crippen LogP contribution >= 0.6 is 11.6 Å². The van der Waals surface area contributed by atoms with Crippen LogP contribution in [0, 0.1) is 11.2 Å². The van der Waals surface area contributed by atoms with Crippen LogP contribution in [0.25, 0.3) is 11.1 Å². The average Bonchev–Trinajstić information content (AvgIpc) is 2.46. The number of halogens is 2. The summed E-state index contributed by atoms with van der Waals surface area (Å²) in [5, 5.41) is 0.326. The van der Waals surface area contributed by atoms with Gasteiger partial charge in [0.25, 0.3) is 0 Å². The largest absolute Gasteiger partial charge is 0.477 e. The van der Waals surface area contributed by atoms with Crippen molar-refractivity contribution in [3.05, 3.63) is 46.4 Å². The molecular weight excluding hydrogens is 301 g/mol. The first-order valence-corrected chi connectivity index (χ1v) is 7.88. The Morgan fingerprint density at radius 2 is 2.05 bits per heavy atom. The van der Waals surface area contributed by atoms with Gasteiger partial charge in [0.1, 0.15) is 11.0 Å². The molecule has 0 fully saturated rings. The topological polar surface area (TPSA) is 22.1 Å². The van der Waals surface area contributed by atoms with Crippen LogP contribution in [0.1, 0.15) is 31.9 Å². The minimum absolute atomic E-state index is 0.00288. The summed E-state index contributed by atoms with van der Waals surface area (Å²) in [5.74, 6) is 0.299. The van der Waals surface area contributed by atoms with Crippen molar-refractivity contribution < 1.29 is 9.13 Å². The molecule has 0 N–H and O–H groups in total. The van der Waals surface area contributed by atoms with Crippen LogP contribution in [0.15, 0.2) is 24.3 Å². The molecule has 0 saturated heterocycles. The second-order valence-corrected chi connectivity index (χ2v) is 6.96. The van der Waals surface area contributed by atoms with E-state index in [0.717, 1.165) is 29.5 Å². The normalized spacial score (nSPS) is 16.0. The third kappa shape index (κ3) is 2.82. The maximum absolute atomic E-state index is 14.5. The zero-order valence-electron chi connectivity index (χ0n) is 13.0. The molecule has 4 heteroatoms. The highest BCUT2D eigenvalue weighted by Gasteiger charge is 2.30. The predicted octanol–water partition coefficient (Wildman–Crippen LogP) is 5.06. The van der Waals surface area contributed by atoms with Gasteiger partial charge in [0.2, 0.25) is 5.88 Å². The summed E-state index contributed by atoms with van der Waals surface area (Å²) in [7, 11) is 0. The van der Waals surface area contributed by atoms with Crippen molar-refractivity contribution in [2.24, 2.45) is 5.41 Å². The summed E-state index contributed by atoms with van der Waals surface area (Å²) in [6, 6.07) is 7.09. The lowest BCUT2D eigenvalue weighted by Gasteiger charge is -2.32. The summed E-state index contributed by atoms with van der Waals surface area (Å²) < 4.78 is 20.3. The second kappa shape index (κ2) is 5.54. The van der Waals surface area contributed by atoms with Gasteiger partial charge in [-0.25, -0.2) is 9.37 Å². The molecule has 116 valence electrons. The first kappa shape index (κ1) is 15.3. The average molecular weight is 320 g/mol. The molecule has 0 atom stereocenters. The van der Waals surface area contributed by atoms with Gasteiger partial charge >= 0.3 is 0 Å². The van der Waals surface area contributed by atoms with Gasteiger partial charge in [0.15, 0.2) is 0 Å². The molecule has 0 radical (unpaired) electrons. The van der Waals surface area contributed by atoms with Crippen LogP contribution in [0.5, 0.6) is 5.88 Å². The zero-order valence-corrected chi connectivity index (χ0v) is 13.8. The Hall–Kier alpha value is -1.61. The summed E-state index contributed by atoms with van der Waals surface area (Å²) >= 11 is 6.10. The standard InChI is InChI=1S/C18H19ClFNO/c1-4-11-5-6-12(15(20)7-11)13-8-16(19)21-17-14(13)9-18(2,3)10-22-17/h5-8H,4,9-10H2,1-3H3. The molecule has 0 amide bonds. The van der Waals surface area contributed by atoms with E-state index in [4.69, 9.17) is 16.3 Å². The van der Waals surface area contributed by atoms with E-state index in [9.17, 15) is 4.39 Å². The van der Waals surface area contributed by atoms with Crippen LogP contribution in [0.2, 0.25) is 5.15 Å². The van der Waals surface area contributed by atoms with Crippen LogP contribution in [-0.2, 0) is 12.8 Å². The molecule has 0 saturated carbocycles. The molecule has 0 spiro atoms. The fourth-order valence-corrected chi connectivity index (χ4v) is 3.02. The summed E-state index contributed by atoms with van der Waals surface area (Å²) in [6.45, 7) is 6.86. The van der Waals surface area contributed by atoms with E-state index in [1.54, 1.807) is 12.1 Å². The molecule has 0 aliphatic carbocycles. The Balaban J connectivity index is 2.17. The minimum atomic E-state index is -0.229. The van der Waals surface area contributed by atoms with Crippen molar-refractivity contribution in [1.82, 2.24) is 4.98 Å². The van der Waals surface area contributed by atoms with Crippen molar-refractivity contribution in [2.75, 3.05) is 6.61 Å². The van der Waals surface area contributed by atoms with Crippen LogP contribution in [0.3, 0.4) is 0 Å². The Morgan fingerprint density at radius 1 is 1.27 bits per heavy atom. The molecule has 2 aromatic rings. The summed E-state index contributed by atoms with van der Waals surface area (Å²) in [4.78, 5) is 4.25. The Bertz CT molecular complexity index is 727. The van der Waals surface area contributed by atoms with Crippen molar-refractivity contribution in [1.29, 1.82) is 0 Å². The Morgan fingerprint density at radius 3 is 2.73 bits per heavy atom. The van der Waals surface area contributed by atoms with Gasteiger partial charge in [-0.3, -0.25) is 0 Å². The van der Waals surface area contributed by atoms with E-state index in [1.807, 2.05) is 19.1 Å². The number of hydrogen-bond donors (Lipinski definition) is 0. The molecule has 3 rings (SSSR count). The van der Waals surface area contributed by atoms with Crippen LogP contribution < -0.4 is 4.74 Å². The van der Waals surface area contributed by atoms with E-state index < -0.39 is 0 Å². The van der Waals surface area contributed by atoms with Gasteiger partial charge in [-0.2, -0.15) is 0 Å². The molecule has 0 bridgehead atoms. The molecule has 1 aromatic heterocycles. The van der Waals surface area contributed by atoms with Gasteiger partial charge in [-0.15, -0.1) is 0 Å². The van der Waals surface area contributed by atoms with Crippen molar-refractivity contribution >= 4 is 11.6 Å². The predicted molar refractivity (Wildman–Crippen MR) is 87.0 cm³/mol. The quantitative estimate of drug-likeness (QED) is 0.721. The van der Waals surface area contributed by atoms with E-state index >= 15 is 0 Å². The van der Waals surface area contributed by atoms with Gasteiger partial charge < -0.3 is 4.74 Å². The van der Waals surface area contributed by atoms with E-state index in [1.165, 1.54) is 0 Å². The first-order chi connectivity index (χ1) is 10.4. The van der Waals surface area contributed by atoms with Crippen molar-refractivity contribution in [2.45, 2.75) is 33.6 Å². The van der Waals surface area contributed by atoms with E-state index in [-0.39, 0.29) is 11.2 Å². The van der Waals surface area contributed by atoms with Gasteiger partial charge in [0.05, 0.1) is 6.61 Å². The van der Waals surface area contributed by atoms with E-state index in [2.05, 4.69) is 18.8 Å². The van der Waals surface area contributed by atoms with Crippen LogP contribution in [0.4, 0.5) is 4.39 Å². The maximum atomic E-state index is 14.5. The minimum Gasteiger partial charge on any atom is -0.477 e. The highest BCUT2D eigenvalue weighted by Crippen LogP contribution is 2.40. The molecule has 0 unspecified atom stereocenters. The molecular formula is C18H19ClFNO. The fourth-order valence-electron chi connectivity index (χ4n) is 2.84. The SMILES string of the molecule is CCc1ccc(-c2cc(Cl)nc3c2CC(C)(C)CO3)c(F)c1.